The minimum Gasteiger partial charge on any atom is -0.383 e. The zero-order valence-corrected chi connectivity index (χ0v) is 10.4. The van der Waals surface area contributed by atoms with E-state index in [0.29, 0.717) is 34.2 Å². The van der Waals surface area contributed by atoms with E-state index < -0.39 is 0 Å². The molecular weight excluding hydrogens is 260 g/mol. The molecule has 1 aliphatic heterocycles. The van der Waals surface area contributed by atoms with E-state index in [4.69, 9.17) is 22.1 Å². The Labute approximate surface area is 107 Å². The van der Waals surface area contributed by atoms with Gasteiger partial charge in [0.15, 0.2) is 10.8 Å². The highest BCUT2D eigenvalue weighted by atomic mass is 35.5. The Morgan fingerprint density at radius 3 is 3.06 bits per heavy atom. The van der Waals surface area contributed by atoms with Crippen LogP contribution in [0.5, 0.6) is 0 Å². The van der Waals surface area contributed by atoms with Gasteiger partial charge in [-0.3, -0.25) is 0 Å². The van der Waals surface area contributed by atoms with Crippen LogP contribution in [0.2, 0.25) is 4.34 Å². The highest BCUT2D eigenvalue weighted by Gasteiger charge is 2.18. The maximum Gasteiger partial charge on any atom is 0.190 e. The molecule has 0 aromatic carbocycles. The Kier molecular flexibility index (Phi) is 2.70. The highest BCUT2D eigenvalue weighted by Crippen LogP contribution is 2.28. The quantitative estimate of drug-likeness (QED) is 0.855. The Bertz CT molecular complexity index is 571. The second-order valence-corrected chi connectivity index (χ2v) is 5.29. The van der Waals surface area contributed by atoms with Crippen LogP contribution in [-0.4, -0.2) is 21.6 Å². The lowest BCUT2D eigenvalue weighted by molar-refractivity contribution is 0.109. The maximum absolute atomic E-state index is 5.90. The summed E-state index contributed by atoms with van der Waals surface area (Å²) in [5.41, 5.74) is 7.74. The zero-order valence-electron chi connectivity index (χ0n) is 8.81. The number of halogens is 1. The van der Waals surface area contributed by atoms with Crippen molar-refractivity contribution < 1.29 is 4.74 Å². The van der Waals surface area contributed by atoms with E-state index in [0.717, 1.165) is 17.7 Å². The molecule has 7 heteroatoms. The summed E-state index contributed by atoms with van der Waals surface area (Å²) in [4.78, 5) is 12.9. The van der Waals surface area contributed by atoms with Crippen LogP contribution in [0.3, 0.4) is 0 Å². The molecule has 0 saturated carbocycles. The topological polar surface area (TPSA) is 73.9 Å². The standard InChI is InChI=1S/C10H9ClN4OS/c11-7-3-13-10(17-7)9-14-6-1-2-16-4-5(6)8(12)15-9/h3H,1-2,4H2,(H2,12,14,15). The molecule has 0 radical (unpaired) electrons. The van der Waals surface area contributed by atoms with Crippen molar-refractivity contribution in [3.8, 4) is 10.8 Å². The number of nitrogens with zero attached hydrogens (tertiary/aromatic N) is 3. The number of nitrogens with two attached hydrogens (primary N) is 1. The van der Waals surface area contributed by atoms with Gasteiger partial charge in [-0.05, 0) is 0 Å². The third-order valence-corrected chi connectivity index (χ3v) is 3.63. The van der Waals surface area contributed by atoms with Crippen LogP contribution in [0.15, 0.2) is 6.20 Å². The van der Waals surface area contributed by atoms with E-state index in [-0.39, 0.29) is 0 Å². The van der Waals surface area contributed by atoms with Gasteiger partial charge < -0.3 is 10.5 Å². The molecule has 2 aromatic heterocycles. The van der Waals surface area contributed by atoms with Gasteiger partial charge in [-0.15, -0.1) is 0 Å². The van der Waals surface area contributed by atoms with Crippen molar-refractivity contribution in [3.63, 3.8) is 0 Å². The molecule has 0 amide bonds. The molecule has 17 heavy (non-hydrogen) atoms. The highest BCUT2D eigenvalue weighted by molar-refractivity contribution is 7.18. The number of anilines is 1. The molecule has 5 nitrogen and oxygen atoms in total. The molecule has 0 atom stereocenters. The van der Waals surface area contributed by atoms with Crippen LogP contribution >= 0.6 is 22.9 Å². The third-order valence-electron chi connectivity index (χ3n) is 2.52. The van der Waals surface area contributed by atoms with Crippen molar-refractivity contribution in [1.82, 2.24) is 15.0 Å². The summed E-state index contributed by atoms with van der Waals surface area (Å²) in [5, 5.41) is 0.691. The van der Waals surface area contributed by atoms with Crippen LogP contribution in [0.1, 0.15) is 11.3 Å². The minimum atomic E-state index is 0.469. The van der Waals surface area contributed by atoms with E-state index in [9.17, 15) is 0 Å². The number of hydrogen-bond donors (Lipinski definition) is 1. The van der Waals surface area contributed by atoms with Crippen molar-refractivity contribution >= 4 is 28.8 Å². The summed E-state index contributed by atoms with van der Waals surface area (Å²) in [6, 6.07) is 0. The number of fused-ring (bicyclic) bond motifs is 1. The normalized spacial score (nSPS) is 14.6. The summed E-state index contributed by atoms with van der Waals surface area (Å²) in [7, 11) is 0. The summed E-state index contributed by atoms with van der Waals surface area (Å²) in [6.07, 6.45) is 2.35. The molecule has 0 aliphatic carbocycles. The van der Waals surface area contributed by atoms with Gasteiger partial charge in [-0.2, -0.15) is 0 Å². The monoisotopic (exact) mass is 268 g/mol. The lowest BCUT2D eigenvalue weighted by Crippen LogP contribution is -2.16. The first-order valence-corrected chi connectivity index (χ1v) is 6.28. The van der Waals surface area contributed by atoms with Gasteiger partial charge in [-0.25, -0.2) is 15.0 Å². The Balaban J connectivity index is 2.10. The fourth-order valence-corrected chi connectivity index (χ4v) is 2.56. The second-order valence-electron chi connectivity index (χ2n) is 3.63. The van der Waals surface area contributed by atoms with E-state index in [1.165, 1.54) is 11.3 Å². The van der Waals surface area contributed by atoms with Crippen molar-refractivity contribution in [2.45, 2.75) is 13.0 Å². The van der Waals surface area contributed by atoms with Crippen LogP contribution in [0.4, 0.5) is 5.82 Å². The van der Waals surface area contributed by atoms with Gasteiger partial charge in [0.05, 0.1) is 25.1 Å². The van der Waals surface area contributed by atoms with E-state index >= 15 is 0 Å². The molecule has 3 heterocycles. The average Bonchev–Trinajstić information content (AvgIpc) is 2.76. The molecule has 0 fully saturated rings. The van der Waals surface area contributed by atoms with Gasteiger partial charge in [0, 0.05) is 12.0 Å². The van der Waals surface area contributed by atoms with Crippen LogP contribution in [0, 0.1) is 0 Å². The Hall–Kier alpha value is -1.24. The fraction of sp³-hybridized carbons (Fsp3) is 0.300. The number of rotatable bonds is 1. The van der Waals surface area contributed by atoms with Gasteiger partial charge in [0.1, 0.15) is 10.2 Å². The molecule has 2 aromatic rings. The molecule has 3 rings (SSSR count). The number of hydrogen-bond acceptors (Lipinski definition) is 6. The molecular formula is C10H9ClN4OS. The minimum absolute atomic E-state index is 0.469. The maximum atomic E-state index is 5.90. The largest absolute Gasteiger partial charge is 0.383 e. The van der Waals surface area contributed by atoms with Crippen LogP contribution < -0.4 is 5.73 Å². The Morgan fingerprint density at radius 1 is 1.41 bits per heavy atom. The molecule has 1 aliphatic rings. The predicted octanol–water partition coefficient (Wildman–Crippen LogP) is 1.91. The molecule has 0 spiro atoms. The molecule has 0 saturated heterocycles. The summed E-state index contributed by atoms with van der Waals surface area (Å²) in [5.74, 6) is 1.01. The number of thiazole rings is 1. The number of ether oxygens (including phenoxy) is 1. The second kappa shape index (κ2) is 4.21. The van der Waals surface area contributed by atoms with Crippen LogP contribution in [0.25, 0.3) is 10.8 Å². The number of nitrogen functional groups attached to an aromatic ring is 1. The van der Waals surface area contributed by atoms with Gasteiger partial charge in [-0.1, -0.05) is 22.9 Å². The molecule has 0 bridgehead atoms. The van der Waals surface area contributed by atoms with E-state index in [1.807, 2.05) is 0 Å². The Morgan fingerprint density at radius 2 is 2.29 bits per heavy atom. The first kappa shape index (κ1) is 10.9. The molecule has 2 N–H and O–H groups in total. The number of aromatic nitrogens is 3. The van der Waals surface area contributed by atoms with E-state index in [1.54, 1.807) is 6.20 Å². The van der Waals surface area contributed by atoms with Gasteiger partial charge in [0.2, 0.25) is 0 Å². The summed E-state index contributed by atoms with van der Waals surface area (Å²) >= 11 is 7.19. The smallest absolute Gasteiger partial charge is 0.190 e. The van der Waals surface area contributed by atoms with Gasteiger partial charge in [0.25, 0.3) is 0 Å². The zero-order chi connectivity index (χ0) is 11.8. The molecule has 88 valence electrons. The van der Waals surface area contributed by atoms with Crippen molar-refractivity contribution in [2.24, 2.45) is 0 Å². The lowest BCUT2D eigenvalue weighted by Gasteiger charge is -2.17. The van der Waals surface area contributed by atoms with Crippen molar-refractivity contribution in [1.29, 1.82) is 0 Å². The summed E-state index contributed by atoms with van der Waals surface area (Å²) < 4.78 is 5.95. The summed E-state index contributed by atoms with van der Waals surface area (Å²) in [6.45, 7) is 1.15. The first-order valence-electron chi connectivity index (χ1n) is 5.09. The average molecular weight is 269 g/mol. The van der Waals surface area contributed by atoms with Crippen molar-refractivity contribution in [3.05, 3.63) is 21.8 Å². The molecule has 0 unspecified atom stereocenters. The predicted molar refractivity (Wildman–Crippen MR) is 65.9 cm³/mol. The lowest BCUT2D eigenvalue weighted by atomic mass is 10.1. The third kappa shape index (κ3) is 1.99. The van der Waals surface area contributed by atoms with E-state index in [2.05, 4.69) is 15.0 Å². The fourth-order valence-electron chi connectivity index (χ4n) is 1.71. The van der Waals surface area contributed by atoms with Gasteiger partial charge >= 0.3 is 0 Å². The van der Waals surface area contributed by atoms with Crippen molar-refractivity contribution in [2.75, 3.05) is 12.3 Å². The van der Waals surface area contributed by atoms with Crippen LogP contribution in [-0.2, 0) is 17.8 Å². The first-order chi connectivity index (χ1) is 8.24. The SMILES string of the molecule is Nc1nc(-c2ncc(Cl)s2)nc2c1COCC2.